The molecule has 1 fully saturated rings. The Morgan fingerprint density at radius 2 is 1.65 bits per heavy atom. The molecule has 17 heavy (non-hydrogen) atoms. The molecule has 0 aromatic heterocycles. The molecule has 1 aliphatic rings. The van der Waals surface area contributed by atoms with Crippen LogP contribution in [0, 0.1) is 5.92 Å². The summed E-state index contributed by atoms with van der Waals surface area (Å²) in [7, 11) is -1.36. The summed E-state index contributed by atoms with van der Waals surface area (Å²) in [6.07, 6.45) is 5.78. The van der Waals surface area contributed by atoms with Crippen molar-refractivity contribution >= 4 is 12.6 Å². The van der Waals surface area contributed by atoms with Crippen LogP contribution >= 0.6 is 0 Å². The van der Waals surface area contributed by atoms with Crippen molar-refractivity contribution in [2.75, 3.05) is 0 Å². The van der Waals surface area contributed by atoms with Crippen molar-refractivity contribution in [3.63, 3.8) is 0 Å². The minimum Gasteiger partial charge on any atom is -0.423 e. The first-order valence-electron chi connectivity index (χ1n) is 6.35. The Bertz CT molecular complexity index is 345. The normalized spacial score (nSPS) is 24.6. The molecule has 0 amide bonds. The van der Waals surface area contributed by atoms with Crippen LogP contribution in [0.2, 0.25) is 0 Å². The highest BCUT2D eigenvalue weighted by atomic mass is 16.4. The predicted octanol–water partition coefficient (Wildman–Crippen LogP) is 0.426. The molecule has 0 heterocycles. The number of rotatable bonds is 3. The molecular formula is C13H20BNO2. The van der Waals surface area contributed by atoms with Crippen LogP contribution in [0.4, 0.5) is 0 Å². The molecule has 0 bridgehead atoms. The Labute approximate surface area is 103 Å². The Morgan fingerprint density at radius 3 is 2.18 bits per heavy atom. The van der Waals surface area contributed by atoms with Gasteiger partial charge in [-0.05, 0) is 49.0 Å². The number of hydrogen-bond donors (Lipinski definition) is 3. The number of nitrogens with two attached hydrogens (primary N) is 1. The van der Waals surface area contributed by atoms with E-state index in [1.165, 1.54) is 18.4 Å². The SMILES string of the molecule is NC1CCC(Cc2ccc(B(O)O)cc2)CC1. The second-order valence-corrected chi connectivity index (χ2v) is 5.10. The lowest BCUT2D eigenvalue weighted by Crippen LogP contribution is -2.29. The fourth-order valence-electron chi connectivity index (χ4n) is 2.55. The third-order valence-electron chi connectivity index (χ3n) is 3.69. The van der Waals surface area contributed by atoms with Crippen LogP contribution in [0.3, 0.4) is 0 Å². The maximum atomic E-state index is 9.01. The van der Waals surface area contributed by atoms with Crippen LogP contribution in [0.1, 0.15) is 31.2 Å². The summed E-state index contributed by atoms with van der Waals surface area (Å²) in [4.78, 5) is 0. The lowest BCUT2D eigenvalue weighted by Gasteiger charge is -2.26. The molecule has 2 rings (SSSR count). The highest BCUT2D eigenvalue weighted by Crippen LogP contribution is 2.26. The molecule has 0 saturated heterocycles. The largest absolute Gasteiger partial charge is 0.488 e. The minimum atomic E-state index is -1.36. The lowest BCUT2D eigenvalue weighted by molar-refractivity contribution is 0.325. The second kappa shape index (κ2) is 5.67. The summed E-state index contributed by atoms with van der Waals surface area (Å²) in [6, 6.07) is 7.95. The minimum absolute atomic E-state index is 0.401. The Hall–Kier alpha value is -0.835. The lowest BCUT2D eigenvalue weighted by atomic mass is 9.78. The van der Waals surface area contributed by atoms with E-state index in [1.807, 2.05) is 12.1 Å². The Morgan fingerprint density at radius 1 is 1.06 bits per heavy atom. The van der Waals surface area contributed by atoms with E-state index in [9.17, 15) is 0 Å². The topological polar surface area (TPSA) is 66.5 Å². The van der Waals surface area contributed by atoms with Gasteiger partial charge in [0.2, 0.25) is 0 Å². The zero-order valence-corrected chi connectivity index (χ0v) is 10.0. The molecule has 1 aromatic carbocycles. The summed E-state index contributed by atoms with van der Waals surface area (Å²) >= 11 is 0. The number of hydrogen-bond acceptors (Lipinski definition) is 3. The molecule has 92 valence electrons. The van der Waals surface area contributed by atoms with Gasteiger partial charge >= 0.3 is 7.12 Å². The molecule has 0 unspecified atom stereocenters. The van der Waals surface area contributed by atoms with Crippen molar-refractivity contribution in [3.05, 3.63) is 29.8 Å². The van der Waals surface area contributed by atoms with Gasteiger partial charge in [0.1, 0.15) is 0 Å². The van der Waals surface area contributed by atoms with Crippen LogP contribution in [-0.4, -0.2) is 23.2 Å². The van der Waals surface area contributed by atoms with Gasteiger partial charge in [-0.3, -0.25) is 0 Å². The van der Waals surface area contributed by atoms with Gasteiger partial charge in [-0.15, -0.1) is 0 Å². The summed E-state index contributed by atoms with van der Waals surface area (Å²) < 4.78 is 0. The van der Waals surface area contributed by atoms with Crippen molar-refractivity contribution in [2.45, 2.75) is 38.1 Å². The molecule has 1 aliphatic carbocycles. The summed E-state index contributed by atoms with van der Waals surface area (Å²) in [5.41, 5.74) is 7.72. The van der Waals surface area contributed by atoms with E-state index in [-0.39, 0.29) is 0 Å². The van der Waals surface area contributed by atoms with Crippen molar-refractivity contribution < 1.29 is 10.0 Å². The van der Waals surface area contributed by atoms with Crippen LogP contribution in [-0.2, 0) is 6.42 Å². The standard InChI is InChI=1S/C13H20BNO2/c15-13-7-3-11(4-8-13)9-10-1-5-12(6-2-10)14(16)17/h1-2,5-6,11,13,16-17H,3-4,7-9,15H2. The first-order chi connectivity index (χ1) is 8.15. The first-order valence-corrected chi connectivity index (χ1v) is 6.35. The van der Waals surface area contributed by atoms with Crippen LogP contribution in [0.25, 0.3) is 0 Å². The maximum absolute atomic E-state index is 9.01. The quantitative estimate of drug-likeness (QED) is 0.663. The van der Waals surface area contributed by atoms with E-state index < -0.39 is 7.12 Å². The average molecular weight is 233 g/mol. The molecule has 1 saturated carbocycles. The molecule has 0 radical (unpaired) electrons. The van der Waals surface area contributed by atoms with Crippen molar-refractivity contribution in [3.8, 4) is 0 Å². The summed E-state index contributed by atoms with van der Waals surface area (Å²) in [6.45, 7) is 0. The fraction of sp³-hybridized carbons (Fsp3) is 0.538. The van der Waals surface area contributed by atoms with E-state index in [0.717, 1.165) is 25.2 Å². The van der Waals surface area contributed by atoms with Gasteiger partial charge in [-0.1, -0.05) is 24.3 Å². The second-order valence-electron chi connectivity index (χ2n) is 5.10. The van der Waals surface area contributed by atoms with Gasteiger partial charge in [-0.25, -0.2) is 0 Å². The van der Waals surface area contributed by atoms with Gasteiger partial charge in [0.25, 0.3) is 0 Å². The summed E-state index contributed by atoms with van der Waals surface area (Å²) in [5.74, 6) is 0.736. The molecule has 1 aromatic rings. The molecule has 0 aliphatic heterocycles. The third kappa shape index (κ3) is 3.56. The van der Waals surface area contributed by atoms with E-state index >= 15 is 0 Å². The molecular weight excluding hydrogens is 213 g/mol. The van der Waals surface area contributed by atoms with E-state index in [4.69, 9.17) is 15.8 Å². The monoisotopic (exact) mass is 233 g/mol. The molecule has 4 N–H and O–H groups in total. The van der Waals surface area contributed by atoms with Crippen LogP contribution < -0.4 is 11.2 Å². The zero-order valence-electron chi connectivity index (χ0n) is 10.0. The Kier molecular flexibility index (Phi) is 4.21. The van der Waals surface area contributed by atoms with Crippen LogP contribution in [0.15, 0.2) is 24.3 Å². The van der Waals surface area contributed by atoms with E-state index in [1.54, 1.807) is 12.1 Å². The molecule has 4 heteroatoms. The fourth-order valence-corrected chi connectivity index (χ4v) is 2.55. The van der Waals surface area contributed by atoms with Gasteiger partial charge in [-0.2, -0.15) is 0 Å². The average Bonchev–Trinajstić information content (AvgIpc) is 2.33. The molecule has 0 atom stereocenters. The predicted molar refractivity (Wildman–Crippen MR) is 69.9 cm³/mol. The van der Waals surface area contributed by atoms with Crippen LogP contribution in [0.5, 0.6) is 0 Å². The number of benzene rings is 1. The molecule has 3 nitrogen and oxygen atoms in total. The summed E-state index contributed by atoms with van der Waals surface area (Å²) in [5, 5.41) is 18.0. The maximum Gasteiger partial charge on any atom is 0.488 e. The Balaban J connectivity index is 1.90. The van der Waals surface area contributed by atoms with Gasteiger partial charge in [0.05, 0.1) is 0 Å². The van der Waals surface area contributed by atoms with Crippen molar-refractivity contribution in [1.82, 2.24) is 0 Å². The van der Waals surface area contributed by atoms with Gasteiger partial charge in [0, 0.05) is 6.04 Å². The van der Waals surface area contributed by atoms with Crippen molar-refractivity contribution in [2.24, 2.45) is 11.7 Å². The van der Waals surface area contributed by atoms with Gasteiger partial charge < -0.3 is 15.8 Å². The highest BCUT2D eigenvalue weighted by Gasteiger charge is 2.19. The highest BCUT2D eigenvalue weighted by molar-refractivity contribution is 6.58. The third-order valence-corrected chi connectivity index (χ3v) is 3.69. The molecule has 0 spiro atoms. The smallest absolute Gasteiger partial charge is 0.423 e. The van der Waals surface area contributed by atoms with E-state index in [0.29, 0.717) is 11.5 Å². The van der Waals surface area contributed by atoms with Gasteiger partial charge in [0.15, 0.2) is 0 Å². The van der Waals surface area contributed by atoms with Crippen molar-refractivity contribution in [1.29, 1.82) is 0 Å². The van der Waals surface area contributed by atoms with E-state index in [2.05, 4.69) is 0 Å². The first kappa shape index (κ1) is 12.6. The zero-order chi connectivity index (χ0) is 12.3.